The lowest BCUT2D eigenvalue weighted by Gasteiger charge is -2.29. The lowest BCUT2D eigenvalue weighted by Crippen LogP contribution is -2.43. The number of carboxylic acids is 1. The molecule has 122 valence electrons. The second-order valence-corrected chi connectivity index (χ2v) is 5.22. The minimum atomic E-state index is -1.41. The Morgan fingerprint density at radius 3 is 2.00 bits per heavy atom. The molecule has 0 aliphatic carbocycles. The van der Waals surface area contributed by atoms with Gasteiger partial charge in [0.2, 0.25) is 0 Å². The van der Waals surface area contributed by atoms with Crippen LogP contribution in [0.1, 0.15) is 11.7 Å². The highest BCUT2D eigenvalue weighted by Crippen LogP contribution is 2.13. The van der Waals surface area contributed by atoms with Crippen LogP contribution in [0.2, 0.25) is 0 Å². The summed E-state index contributed by atoms with van der Waals surface area (Å²) in [7, 11) is 0. The Morgan fingerprint density at radius 2 is 1.48 bits per heavy atom. The van der Waals surface area contributed by atoms with Crippen molar-refractivity contribution >= 4 is 11.7 Å². The Balaban J connectivity index is 0.000000168. The van der Waals surface area contributed by atoms with Crippen LogP contribution in [0.25, 0.3) is 0 Å². The molecular formula is C18H22N2O3. The van der Waals surface area contributed by atoms with Crippen LogP contribution in [0.3, 0.4) is 0 Å². The van der Waals surface area contributed by atoms with E-state index in [1.54, 1.807) is 30.3 Å². The van der Waals surface area contributed by atoms with Gasteiger partial charge in [-0.25, -0.2) is 4.79 Å². The molecule has 23 heavy (non-hydrogen) atoms. The summed E-state index contributed by atoms with van der Waals surface area (Å²) >= 11 is 0. The van der Waals surface area contributed by atoms with Crippen LogP contribution in [0.15, 0.2) is 60.7 Å². The van der Waals surface area contributed by atoms with Crippen molar-refractivity contribution in [1.82, 2.24) is 5.32 Å². The zero-order valence-corrected chi connectivity index (χ0v) is 12.9. The first kappa shape index (κ1) is 17.0. The SMILES string of the molecule is O=C(O)C(O)c1ccccc1.c1ccc(N2CCNCC2)cc1. The van der Waals surface area contributed by atoms with Gasteiger partial charge < -0.3 is 20.4 Å². The maximum atomic E-state index is 10.2. The maximum Gasteiger partial charge on any atom is 0.337 e. The Bertz CT molecular complexity index is 584. The quantitative estimate of drug-likeness (QED) is 0.807. The van der Waals surface area contributed by atoms with E-state index >= 15 is 0 Å². The highest BCUT2D eigenvalue weighted by atomic mass is 16.4. The largest absolute Gasteiger partial charge is 0.479 e. The van der Waals surface area contributed by atoms with Gasteiger partial charge in [0.25, 0.3) is 0 Å². The number of nitrogens with zero attached hydrogens (tertiary/aromatic N) is 1. The molecule has 5 nitrogen and oxygen atoms in total. The summed E-state index contributed by atoms with van der Waals surface area (Å²) in [5.74, 6) is -1.23. The molecule has 2 aromatic carbocycles. The number of aliphatic hydroxyl groups is 1. The molecule has 0 radical (unpaired) electrons. The molecule has 0 saturated carbocycles. The van der Waals surface area contributed by atoms with E-state index in [9.17, 15) is 4.79 Å². The van der Waals surface area contributed by atoms with E-state index < -0.39 is 12.1 Å². The molecule has 3 N–H and O–H groups in total. The van der Waals surface area contributed by atoms with Crippen LogP contribution in [0, 0.1) is 0 Å². The summed E-state index contributed by atoms with van der Waals surface area (Å²) in [6.45, 7) is 4.47. The van der Waals surface area contributed by atoms with Crippen LogP contribution in [-0.4, -0.2) is 42.4 Å². The van der Waals surface area contributed by atoms with Crippen molar-refractivity contribution in [2.75, 3.05) is 31.1 Å². The van der Waals surface area contributed by atoms with Crippen LogP contribution in [-0.2, 0) is 4.79 Å². The van der Waals surface area contributed by atoms with E-state index in [0.29, 0.717) is 5.56 Å². The minimum Gasteiger partial charge on any atom is -0.479 e. The monoisotopic (exact) mass is 314 g/mol. The summed E-state index contributed by atoms with van der Waals surface area (Å²) in [5.41, 5.74) is 1.75. The third-order valence-electron chi connectivity index (χ3n) is 3.59. The summed E-state index contributed by atoms with van der Waals surface area (Å²) in [6, 6.07) is 18.9. The molecule has 0 amide bonds. The number of nitrogens with one attached hydrogen (secondary N) is 1. The standard InChI is InChI=1S/C10H14N2.C8H8O3/c1-2-4-10(5-3-1)12-8-6-11-7-9-12;9-7(8(10)11)6-4-2-1-3-5-6/h1-5,11H,6-9H2;1-5,7,9H,(H,10,11). The fourth-order valence-corrected chi connectivity index (χ4v) is 2.34. The number of aliphatic carboxylic acids is 1. The first-order valence-corrected chi connectivity index (χ1v) is 7.65. The third kappa shape index (κ3) is 5.39. The first-order valence-electron chi connectivity index (χ1n) is 7.65. The summed E-state index contributed by atoms with van der Waals surface area (Å²) in [4.78, 5) is 12.7. The molecule has 2 aromatic rings. The summed E-state index contributed by atoms with van der Waals surface area (Å²) in [6.07, 6.45) is -1.41. The van der Waals surface area contributed by atoms with Crippen molar-refractivity contribution in [2.45, 2.75) is 6.10 Å². The Hall–Kier alpha value is -2.37. The molecule has 3 rings (SSSR count). The van der Waals surface area contributed by atoms with Gasteiger partial charge >= 0.3 is 5.97 Å². The van der Waals surface area contributed by atoms with Crippen molar-refractivity contribution in [3.05, 3.63) is 66.2 Å². The molecular weight excluding hydrogens is 292 g/mol. The second kappa shape index (κ2) is 8.92. The molecule has 1 aliphatic rings. The van der Waals surface area contributed by atoms with Crippen molar-refractivity contribution in [1.29, 1.82) is 0 Å². The number of anilines is 1. The predicted molar refractivity (Wildman–Crippen MR) is 90.6 cm³/mol. The van der Waals surface area contributed by atoms with Gasteiger partial charge in [-0.3, -0.25) is 0 Å². The minimum absolute atomic E-state index is 0.403. The molecule has 1 atom stereocenters. The van der Waals surface area contributed by atoms with Gasteiger partial charge in [0.15, 0.2) is 6.10 Å². The van der Waals surface area contributed by atoms with Crippen molar-refractivity contribution < 1.29 is 15.0 Å². The molecule has 1 fully saturated rings. The number of para-hydroxylation sites is 1. The van der Waals surface area contributed by atoms with Crippen molar-refractivity contribution in [2.24, 2.45) is 0 Å². The molecule has 1 unspecified atom stereocenters. The molecule has 1 saturated heterocycles. The molecule has 0 aromatic heterocycles. The number of aliphatic hydroxyl groups excluding tert-OH is 1. The van der Waals surface area contributed by atoms with E-state index in [4.69, 9.17) is 10.2 Å². The van der Waals surface area contributed by atoms with E-state index in [2.05, 4.69) is 40.5 Å². The normalized spacial score (nSPS) is 15.3. The van der Waals surface area contributed by atoms with Gasteiger partial charge in [-0.15, -0.1) is 0 Å². The van der Waals surface area contributed by atoms with E-state index in [1.165, 1.54) is 5.69 Å². The Kier molecular flexibility index (Phi) is 6.59. The fourth-order valence-electron chi connectivity index (χ4n) is 2.34. The highest BCUT2D eigenvalue weighted by molar-refractivity contribution is 5.73. The Morgan fingerprint density at radius 1 is 0.957 bits per heavy atom. The zero-order chi connectivity index (χ0) is 16.5. The lowest BCUT2D eigenvalue weighted by atomic mass is 10.1. The van der Waals surface area contributed by atoms with Crippen LogP contribution >= 0.6 is 0 Å². The average Bonchev–Trinajstić information content (AvgIpc) is 2.64. The molecule has 1 aliphatic heterocycles. The average molecular weight is 314 g/mol. The van der Waals surface area contributed by atoms with Crippen LogP contribution in [0.4, 0.5) is 5.69 Å². The number of rotatable bonds is 3. The van der Waals surface area contributed by atoms with Gasteiger partial charge in [-0.2, -0.15) is 0 Å². The van der Waals surface area contributed by atoms with Gasteiger partial charge in [0, 0.05) is 31.9 Å². The Labute approximate surface area is 136 Å². The second-order valence-electron chi connectivity index (χ2n) is 5.22. The highest BCUT2D eigenvalue weighted by Gasteiger charge is 2.14. The number of carbonyl (C=O) groups is 1. The zero-order valence-electron chi connectivity index (χ0n) is 12.9. The molecule has 1 heterocycles. The van der Waals surface area contributed by atoms with E-state index in [-0.39, 0.29) is 0 Å². The van der Waals surface area contributed by atoms with Crippen LogP contribution < -0.4 is 10.2 Å². The van der Waals surface area contributed by atoms with Gasteiger partial charge in [-0.1, -0.05) is 48.5 Å². The van der Waals surface area contributed by atoms with Gasteiger partial charge in [0.1, 0.15) is 0 Å². The molecule has 0 bridgehead atoms. The van der Waals surface area contributed by atoms with Gasteiger partial charge in [-0.05, 0) is 17.7 Å². The number of benzene rings is 2. The maximum absolute atomic E-state index is 10.2. The van der Waals surface area contributed by atoms with E-state index in [1.807, 2.05) is 0 Å². The van der Waals surface area contributed by atoms with Crippen molar-refractivity contribution in [3.8, 4) is 0 Å². The first-order chi connectivity index (χ1) is 11.2. The molecule has 0 spiro atoms. The lowest BCUT2D eigenvalue weighted by molar-refractivity contribution is -0.146. The number of carboxylic acid groups (broad SMARTS) is 1. The van der Waals surface area contributed by atoms with Gasteiger partial charge in [0.05, 0.1) is 0 Å². The van der Waals surface area contributed by atoms with E-state index in [0.717, 1.165) is 26.2 Å². The number of hydrogen-bond donors (Lipinski definition) is 3. The topological polar surface area (TPSA) is 72.8 Å². The predicted octanol–water partition coefficient (Wildman–Crippen LogP) is 1.90. The smallest absolute Gasteiger partial charge is 0.337 e. The third-order valence-corrected chi connectivity index (χ3v) is 3.59. The molecule has 5 heteroatoms. The van der Waals surface area contributed by atoms with Crippen molar-refractivity contribution in [3.63, 3.8) is 0 Å². The number of hydrogen-bond acceptors (Lipinski definition) is 4. The number of piperazine rings is 1. The summed E-state index contributed by atoms with van der Waals surface area (Å²) < 4.78 is 0. The van der Waals surface area contributed by atoms with Crippen LogP contribution in [0.5, 0.6) is 0 Å². The summed E-state index contributed by atoms with van der Waals surface area (Å²) in [5, 5.41) is 20.7. The fraction of sp³-hybridized carbons (Fsp3) is 0.278.